The van der Waals surface area contributed by atoms with Gasteiger partial charge in [0.05, 0.1) is 12.5 Å². The molecule has 90 valence electrons. The van der Waals surface area contributed by atoms with Crippen LogP contribution in [0.15, 0.2) is 0 Å². The van der Waals surface area contributed by atoms with Gasteiger partial charge in [-0.1, -0.05) is 0 Å². The molecule has 1 aliphatic carbocycles. The molecule has 1 N–H and O–H groups in total. The third-order valence-electron chi connectivity index (χ3n) is 3.68. The van der Waals surface area contributed by atoms with Crippen molar-refractivity contribution in [2.45, 2.75) is 64.1 Å². The Balaban J connectivity index is 2.03. The molecule has 0 aromatic rings. The molecule has 0 aromatic heterocycles. The van der Waals surface area contributed by atoms with E-state index in [0.717, 1.165) is 12.8 Å². The summed E-state index contributed by atoms with van der Waals surface area (Å²) in [5.41, 5.74) is 0.0770. The summed E-state index contributed by atoms with van der Waals surface area (Å²) in [4.78, 5) is 25.1. The van der Waals surface area contributed by atoms with Crippen molar-refractivity contribution in [3.05, 3.63) is 0 Å². The number of hydrogen-bond donors (Lipinski definition) is 1. The highest BCUT2D eigenvalue weighted by molar-refractivity contribution is 6.05. The van der Waals surface area contributed by atoms with Gasteiger partial charge in [0, 0.05) is 11.6 Å². The van der Waals surface area contributed by atoms with Gasteiger partial charge >= 0.3 is 0 Å². The normalized spacial score (nSPS) is 28.8. The van der Waals surface area contributed by atoms with Crippen LogP contribution in [0, 0.1) is 0 Å². The van der Waals surface area contributed by atoms with E-state index in [9.17, 15) is 9.59 Å². The quantitative estimate of drug-likeness (QED) is 0.729. The Bertz CT molecular complexity index is 321. The molecule has 2 fully saturated rings. The average Bonchev–Trinajstić information content (AvgIpc) is 2.39. The van der Waals surface area contributed by atoms with Crippen LogP contribution < -0.4 is 5.32 Å². The molecule has 4 heteroatoms. The number of nitrogens with zero attached hydrogens (tertiary/aromatic N) is 1. The number of amides is 2. The molecule has 2 amide bonds. The Labute approximate surface area is 96.4 Å². The lowest BCUT2D eigenvalue weighted by Crippen LogP contribution is -2.55. The molecule has 4 nitrogen and oxygen atoms in total. The average molecular weight is 224 g/mol. The van der Waals surface area contributed by atoms with E-state index in [1.807, 2.05) is 13.8 Å². The third-order valence-corrected chi connectivity index (χ3v) is 3.68. The number of nitrogens with one attached hydrogen (secondary N) is 1. The van der Waals surface area contributed by atoms with Crippen LogP contribution in [0.4, 0.5) is 0 Å². The van der Waals surface area contributed by atoms with Gasteiger partial charge in [-0.2, -0.15) is 0 Å². The summed E-state index contributed by atoms with van der Waals surface area (Å²) in [6.45, 7) is 5.89. The van der Waals surface area contributed by atoms with Crippen molar-refractivity contribution in [3.63, 3.8) is 0 Å². The molecule has 2 aliphatic rings. The van der Waals surface area contributed by atoms with E-state index < -0.39 is 0 Å². The van der Waals surface area contributed by atoms with Crippen LogP contribution in [0.3, 0.4) is 0 Å². The van der Waals surface area contributed by atoms with E-state index in [0.29, 0.717) is 6.42 Å². The number of likely N-dealkylation sites (tertiary alicyclic amines) is 1. The molecule has 0 bridgehead atoms. The summed E-state index contributed by atoms with van der Waals surface area (Å²) in [5, 5.41) is 3.34. The summed E-state index contributed by atoms with van der Waals surface area (Å²) in [5.74, 6) is -0.0893. The van der Waals surface area contributed by atoms with Gasteiger partial charge in [0.2, 0.25) is 11.8 Å². The fourth-order valence-electron chi connectivity index (χ4n) is 2.58. The zero-order chi connectivity index (χ0) is 11.9. The Morgan fingerprint density at radius 1 is 1.38 bits per heavy atom. The van der Waals surface area contributed by atoms with E-state index in [4.69, 9.17) is 0 Å². The minimum absolute atomic E-state index is 0.0269. The van der Waals surface area contributed by atoms with Crippen molar-refractivity contribution in [3.8, 4) is 0 Å². The van der Waals surface area contributed by atoms with Gasteiger partial charge in [0.1, 0.15) is 0 Å². The summed E-state index contributed by atoms with van der Waals surface area (Å²) in [7, 11) is 0. The summed E-state index contributed by atoms with van der Waals surface area (Å²) in [6, 6.07) is -0.318. The molecule has 0 aromatic carbocycles. The highest BCUT2D eigenvalue weighted by atomic mass is 16.2. The first-order chi connectivity index (χ1) is 7.43. The Hall–Kier alpha value is -0.900. The van der Waals surface area contributed by atoms with Crippen LogP contribution in [0.1, 0.15) is 46.5 Å². The van der Waals surface area contributed by atoms with Crippen molar-refractivity contribution < 1.29 is 9.59 Å². The van der Waals surface area contributed by atoms with Crippen LogP contribution in [-0.4, -0.2) is 34.3 Å². The zero-order valence-corrected chi connectivity index (χ0v) is 10.2. The third kappa shape index (κ3) is 1.86. The Kier molecular flexibility index (Phi) is 2.78. The van der Waals surface area contributed by atoms with Crippen LogP contribution >= 0.6 is 0 Å². The van der Waals surface area contributed by atoms with Gasteiger partial charge in [0.25, 0.3) is 0 Å². The van der Waals surface area contributed by atoms with Gasteiger partial charge < -0.3 is 5.32 Å². The molecule has 1 atom stereocenters. The fourth-order valence-corrected chi connectivity index (χ4v) is 2.58. The van der Waals surface area contributed by atoms with Crippen molar-refractivity contribution in [2.24, 2.45) is 0 Å². The SMILES string of the molecule is CC(C)N1C(=O)CC(NC2(C)CCC2)C1=O. The second kappa shape index (κ2) is 3.84. The van der Waals surface area contributed by atoms with Gasteiger partial charge in [-0.15, -0.1) is 0 Å². The number of rotatable bonds is 3. The maximum absolute atomic E-state index is 12.0. The second-order valence-electron chi connectivity index (χ2n) is 5.51. The molecule has 2 rings (SSSR count). The standard InChI is InChI=1S/C12H20N2O2/c1-8(2)14-10(15)7-9(11(14)16)13-12(3)5-4-6-12/h8-9,13H,4-7H2,1-3H3. The highest BCUT2D eigenvalue weighted by Gasteiger charge is 2.44. The smallest absolute Gasteiger partial charge is 0.247 e. The van der Waals surface area contributed by atoms with Crippen molar-refractivity contribution in [1.29, 1.82) is 0 Å². The van der Waals surface area contributed by atoms with Gasteiger partial charge in [-0.3, -0.25) is 14.5 Å². The van der Waals surface area contributed by atoms with E-state index in [-0.39, 0.29) is 29.4 Å². The van der Waals surface area contributed by atoms with Crippen LogP contribution in [0.5, 0.6) is 0 Å². The number of carbonyl (C=O) groups excluding carboxylic acids is 2. The second-order valence-corrected chi connectivity index (χ2v) is 5.51. The summed E-state index contributed by atoms with van der Waals surface area (Å²) in [6.07, 6.45) is 3.75. The molecule has 1 saturated carbocycles. The first kappa shape index (κ1) is 11.6. The molecule has 1 unspecified atom stereocenters. The largest absolute Gasteiger partial charge is 0.300 e. The maximum Gasteiger partial charge on any atom is 0.247 e. The van der Waals surface area contributed by atoms with Crippen molar-refractivity contribution in [2.75, 3.05) is 0 Å². The molecule has 1 aliphatic heterocycles. The topological polar surface area (TPSA) is 49.4 Å². The molecule has 0 radical (unpaired) electrons. The lowest BCUT2D eigenvalue weighted by atomic mass is 9.78. The highest BCUT2D eigenvalue weighted by Crippen LogP contribution is 2.32. The predicted octanol–water partition coefficient (Wildman–Crippen LogP) is 1.05. The summed E-state index contributed by atoms with van der Waals surface area (Å²) < 4.78 is 0. The van der Waals surface area contributed by atoms with E-state index >= 15 is 0 Å². The number of hydrogen-bond acceptors (Lipinski definition) is 3. The molecule has 0 spiro atoms. The van der Waals surface area contributed by atoms with Gasteiger partial charge in [-0.25, -0.2) is 0 Å². The monoisotopic (exact) mass is 224 g/mol. The summed E-state index contributed by atoms with van der Waals surface area (Å²) >= 11 is 0. The minimum Gasteiger partial charge on any atom is -0.300 e. The Morgan fingerprint density at radius 3 is 2.38 bits per heavy atom. The first-order valence-electron chi connectivity index (χ1n) is 6.06. The molecule has 1 heterocycles. The lowest BCUT2D eigenvalue weighted by molar-refractivity contribution is -0.141. The molecular formula is C12H20N2O2. The first-order valence-corrected chi connectivity index (χ1v) is 6.06. The fraction of sp³-hybridized carbons (Fsp3) is 0.833. The van der Waals surface area contributed by atoms with Crippen LogP contribution in [0.2, 0.25) is 0 Å². The van der Waals surface area contributed by atoms with E-state index in [2.05, 4.69) is 12.2 Å². The van der Waals surface area contributed by atoms with Crippen LogP contribution in [0.25, 0.3) is 0 Å². The number of carbonyl (C=O) groups is 2. The molecule has 16 heavy (non-hydrogen) atoms. The van der Waals surface area contributed by atoms with Crippen LogP contribution in [-0.2, 0) is 9.59 Å². The minimum atomic E-state index is -0.291. The zero-order valence-electron chi connectivity index (χ0n) is 10.2. The van der Waals surface area contributed by atoms with Gasteiger partial charge in [0.15, 0.2) is 0 Å². The predicted molar refractivity (Wildman–Crippen MR) is 60.8 cm³/mol. The molecular weight excluding hydrogens is 204 g/mol. The number of imide groups is 1. The van der Waals surface area contributed by atoms with E-state index in [1.165, 1.54) is 11.3 Å². The van der Waals surface area contributed by atoms with Crippen molar-refractivity contribution >= 4 is 11.8 Å². The Morgan fingerprint density at radius 2 is 2.00 bits per heavy atom. The maximum atomic E-state index is 12.0. The van der Waals surface area contributed by atoms with E-state index in [1.54, 1.807) is 0 Å². The van der Waals surface area contributed by atoms with Crippen molar-refractivity contribution in [1.82, 2.24) is 10.2 Å². The lowest BCUT2D eigenvalue weighted by Gasteiger charge is -2.41. The molecule has 1 saturated heterocycles. The van der Waals surface area contributed by atoms with Gasteiger partial charge in [-0.05, 0) is 40.0 Å².